The second kappa shape index (κ2) is 9.50. The van der Waals surface area contributed by atoms with E-state index in [0.717, 1.165) is 16.9 Å². The molecule has 1 heterocycles. The summed E-state index contributed by atoms with van der Waals surface area (Å²) < 4.78 is 15.8. The van der Waals surface area contributed by atoms with Crippen molar-refractivity contribution in [1.29, 1.82) is 0 Å². The van der Waals surface area contributed by atoms with Crippen molar-refractivity contribution in [2.75, 3.05) is 12.5 Å². The van der Waals surface area contributed by atoms with Crippen molar-refractivity contribution in [1.82, 2.24) is 5.32 Å². The van der Waals surface area contributed by atoms with Gasteiger partial charge in [-0.25, -0.2) is 0 Å². The molecule has 2 aromatic carbocycles. The number of benzene rings is 2. The van der Waals surface area contributed by atoms with Gasteiger partial charge in [-0.15, -0.1) is 11.8 Å². The van der Waals surface area contributed by atoms with Crippen molar-refractivity contribution >= 4 is 23.6 Å². The molecular formula is C21H23NO5S. The Bertz CT molecular complexity index is 837. The molecule has 0 spiro atoms. The first-order valence-corrected chi connectivity index (χ1v) is 10.2. The predicted octanol–water partition coefficient (Wildman–Crippen LogP) is 3.21. The molecule has 0 aromatic heterocycles. The van der Waals surface area contributed by atoms with Crippen molar-refractivity contribution in [2.45, 2.75) is 32.2 Å². The molecule has 1 aliphatic rings. The van der Waals surface area contributed by atoms with Crippen LogP contribution in [0.25, 0.3) is 0 Å². The predicted molar refractivity (Wildman–Crippen MR) is 107 cm³/mol. The number of carbonyl (C=O) groups is 2. The summed E-state index contributed by atoms with van der Waals surface area (Å²) in [4.78, 5) is 24.1. The van der Waals surface area contributed by atoms with Crippen LogP contribution in [0, 0.1) is 6.92 Å². The van der Waals surface area contributed by atoms with Crippen LogP contribution in [-0.4, -0.2) is 30.5 Å². The van der Waals surface area contributed by atoms with E-state index in [1.807, 2.05) is 43.3 Å². The number of fused-ring (bicyclic) bond motifs is 1. The van der Waals surface area contributed by atoms with Crippen LogP contribution < -0.4 is 14.8 Å². The quantitative estimate of drug-likeness (QED) is 0.685. The standard InChI is InChI=1S/C21H23NO5S/c1-14-3-5-16(6-4-14)11-28-12-20(23)27-15(2)21(24)22-10-17-7-8-18-19(9-17)26-13-25-18/h3-9,15H,10-13H2,1-2H3,(H,22,24)/t15-/m0/s1. The summed E-state index contributed by atoms with van der Waals surface area (Å²) >= 11 is 1.46. The Morgan fingerprint density at radius 2 is 1.82 bits per heavy atom. The zero-order valence-electron chi connectivity index (χ0n) is 15.9. The van der Waals surface area contributed by atoms with Gasteiger partial charge in [-0.2, -0.15) is 0 Å². The SMILES string of the molecule is Cc1ccc(CSCC(=O)O[C@@H](C)C(=O)NCc2ccc3c(c2)OCO3)cc1. The number of esters is 1. The molecule has 0 saturated carbocycles. The molecule has 1 aliphatic heterocycles. The summed E-state index contributed by atoms with van der Waals surface area (Å²) in [6, 6.07) is 13.6. The second-order valence-corrected chi connectivity index (χ2v) is 7.50. The number of carbonyl (C=O) groups excluding carboxylic acids is 2. The van der Waals surface area contributed by atoms with E-state index in [0.29, 0.717) is 18.0 Å². The largest absolute Gasteiger partial charge is 0.454 e. The normalized spacial score (nSPS) is 13.1. The summed E-state index contributed by atoms with van der Waals surface area (Å²) in [5.41, 5.74) is 3.23. The monoisotopic (exact) mass is 401 g/mol. The fourth-order valence-electron chi connectivity index (χ4n) is 2.61. The van der Waals surface area contributed by atoms with Crippen LogP contribution in [0.1, 0.15) is 23.6 Å². The molecule has 0 fully saturated rings. The molecule has 0 unspecified atom stereocenters. The number of aryl methyl sites for hydroxylation is 1. The maximum Gasteiger partial charge on any atom is 0.316 e. The van der Waals surface area contributed by atoms with Gasteiger partial charge in [0.15, 0.2) is 17.6 Å². The van der Waals surface area contributed by atoms with Crippen molar-refractivity contribution in [3.05, 3.63) is 59.2 Å². The van der Waals surface area contributed by atoms with Gasteiger partial charge in [0.05, 0.1) is 5.75 Å². The van der Waals surface area contributed by atoms with Gasteiger partial charge in [-0.05, 0) is 37.1 Å². The van der Waals surface area contributed by atoms with Crippen molar-refractivity contribution in [2.24, 2.45) is 0 Å². The lowest BCUT2D eigenvalue weighted by Gasteiger charge is -2.13. The maximum atomic E-state index is 12.2. The lowest BCUT2D eigenvalue weighted by molar-refractivity contribution is -0.152. The van der Waals surface area contributed by atoms with Crippen molar-refractivity contribution in [3.63, 3.8) is 0 Å². The van der Waals surface area contributed by atoms with Gasteiger partial charge in [0.1, 0.15) is 0 Å². The molecule has 6 nitrogen and oxygen atoms in total. The molecule has 2 aromatic rings. The van der Waals surface area contributed by atoms with E-state index in [1.165, 1.54) is 17.3 Å². The Morgan fingerprint density at radius 3 is 2.61 bits per heavy atom. The fourth-order valence-corrected chi connectivity index (χ4v) is 3.37. The number of amides is 1. The van der Waals surface area contributed by atoms with Crippen molar-refractivity contribution < 1.29 is 23.8 Å². The van der Waals surface area contributed by atoms with Gasteiger partial charge in [0, 0.05) is 12.3 Å². The molecule has 0 aliphatic carbocycles. The van der Waals surface area contributed by atoms with E-state index < -0.39 is 12.1 Å². The zero-order valence-corrected chi connectivity index (χ0v) is 16.7. The van der Waals surface area contributed by atoms with Gasteiger partial charge >= 0.3 is 5.97 Å². The summed E-state index contributed by atoms with van der Waals surface area (Å²) in [7, 11) is 0. The van der Waals surface area contributed by atoms with Gasteiger partial charge in [0.2, 0.25) is 6.79 Å². The van der Waals surface area contributed by atoms with Crippen LogP contribution in [0.5, 0.6) is 11.5 Å². The minimum atomic E-state index is -0.846. The van der Waals surface area contributed by atoms with Crippen LogP contribution in [0.4, 0.5) is 0 Å². The van der Waals surface area contributed by atoms with Crippen LogP contribution in [0.3, 0.4) is 0 Å². The topological polar surface area (TPSA) is 73.9 Å². The summed E-state index contributed by atoms with van der Waals surface area (Å²) in [5, 5.41) is 2.76. The zero-order chi connectivity index (χ0) is 19.9. The number of hydrogen-bond donors (Lipinski definition) is 1. The Balaban J connectivity index is 1.37. The number of thioether (sulfide) groups is 1. The molecule has 3 rings (SSSR count). The van der Waals surface area contributed by atoms with E-state index in [4.69, 9.17) is 14.2 Å². The van der Waals surface area contributed by atoms with Gasteiger partial charge in [-0.3, -0.25) is 9.59 Å². The lowest BCUT2D eigenvalue weighted by atomic mass is 10.2. The van der Waals surface area contributed by atoms with E-state index in [2.05, 4.69) is 5.32 Å². The third-order valence-corrected chi connectivity index (χ3v) is 5.17. The minimum Gasteiger partial charge on any atom is -0.454 e. The molecule has 0 radical (unpaired) electrons. The summed E-state index contributed by atoms with van der Waals surface area (Å²) in [5.74, 6) is 1.54. The van der Waals surface area contributed by atoms with Gasteiger partial charge in [-0.1, -0.05) is 35.9 Å². The third-order valence-electron chi connectivity index (χ3n) is 4.19. The summed E-state index contributed by atoms with van der Waals surface area (Å²) in [6.45, 7) is 4.13. The summed E-state index contributed by atoms with van der Waals surface area (Å²) in [6.07, 6.45) is -0.846. The Hall–Kier alpha value is -2.67. The highest BCUT2D eigenvalue weighted by molar-refractivity contribution is 7.99. The molecule has 148 valence electrons. The number of rotatable bonds is 8. The van der Waals surface area contributed by atoms with Gasteiger partial charge < -0.3 is 19.5 Å². The van der Waals surface area contributed by atoms with E-state index in [1.54, 1.807) is 13.0 Å². The van der Waals surface area contributed by atoms with Gasteiger partial charge in [0.25, 0.3) is 5.91 Å². The average Bonchev–Trinajstić information content (AvgIpc) is 3.15. The number of ether oxygens (including phenoxy) is 3. The highest BCUT2D eigenvalue weighted by atomic mass is 32.2. The molecule has 7 heteroatoms. The first-order valence-electron chi connectivity index (χ1n) is 9.00. The van der Waals surface area contributed by atoms with Crippen LogP contribution in [0.15, 0.2) is 42.5 Å². The molecule has 0 bridgehead atoms. The molecule has 0 saturated heterocycles. The Morgan fingerprint density at radius 1 is 1.11 bits per heavy atom. The first kappa shape index (κ1) is 20.1. The molecule has 1 N–H and O–H groups in total. The minimum absolute atomic E-state index is 0.202. The average molecular weight is 401 g/mol. The van der Waals surface area contributed by atoms with Crippen LogP contribution >= 0.6 is 11.8 Å². The molecular weight excluding hydrogens is 378 g/mol. The van der Waals surface area contributed by atoms with Crippen molar-refractivity contribution in [3.8, 4) is 11.5 Å². The first-order chi connectivity index (χ1) is 13.5. The highest BCUT2D eigenvalue weighted by Crippen LogP contribution is 2.32. The molecule has 28 heavy (non-hydrogen) atoms. The third kappa shape index (κ3) is 5.66. The molecule has 1 atom stereocenters. The second-order valence-electron chi connectivity index (χ2n) is 6.52. The number of nitrogens with one attached hydrogen (secondary N) is 1. The highest BCUT2D eigenvalue weighted by Gasteiger charge is 2.18. The molecule has 1 amide bonds. The maximum absolute atomic E-state index is 12.2. The Labute approximate surface area is 168 Å². The van der Waals surface area contributed by atoms with E-state index in [9.17, 15) is 9.59 Å². The van der Waals surface area contributed by atoms with Crippen LogP contribution in [0.2, 0.25) is 0 Å². The smallest absolute Gasteiger partial charge is 0.316 e. The van der Waals surface area contributed by atoms with Crippen LogP contribution in [-0.2, 0) is 26.6 Å². The fraction of sp³-hybridized carbons (Fsp3) is 0.333. The van der Waals surface area contributed by atoms with E-state index in [-0.39, 0.29) is 18.5 Å². The number of hydrogen-bond acceptors (Lipinski definition) is 6. The Kier molecular flexibility index (Phi) is 6.81. The lowest BCUT2D eigenvalue weighted by Crippen LogP contribution is -2.35. The van der Waals surface area contributed by atoms with E-state index >= 15 is 0 Å².